The first-order valence-corrected chi connectivity index (χ1v) is 6.88. The molecule has 0 fully saturated rings. The van der Waals surface area contributed by atoms with Gasteiger partial charge in [0.25, 0.3) is 0 Å². The SMILES string of the molecule is CCOC(=O)c1nc(-c2ccc(F)c(F)c2)oc1C(C)(C)C. The summed E-state index contributed by atoms with van der Waals surface area (Å²) in [4.78, 5) is 16.1. The summed E-state index contributed by atoms with van der Waals surface area (Å²) >= 11 is 0. The second-order valence-corrected chi connectivity index (χ2v) is 5.80. The zero-order valence-electron chi connectivity index (χ0n) is 12.9. The van der Waals surface area contributed by atoms with E-state index in [1.165, 1.54) is 6.07 Å². The summed E-state index contributed by atoms with van der Waals surface area (Å²) < 4.78 is 37.0. The largest absolute Gasteiger partial charge is 0.461 e. The van der Waals surface area contributed by atoms with Gasteiger partial charge in [0.15, 0.2) is 17.3 Å². The first-order chi connectivity index (χ1) is 10.2. The lowest BCUT2D eigenvalue weighted by Gasteiger charge is -2.15. The summed E-state index contributed by atoms with van der Waals surface area (Å²) in [6.45, 7) is 7.45. The molecule has 1 aromatic heterocycles. The van der Waals surface area contributed by atoms with E-state index in [-0.39, 0.29) is 23.8 Å². The van der Waals surface area contributed by atoms with Gasteiger partial charge in [-0.25, -0.2) is 18.6 Å². The summed E-state index contributed by atoms with van der Waals surface area (Å²) in [6, 6.07) is 3.30. The number of carbonyl (C=O) groups is 1. The average molecular weight is 309 g/mol. The van der Waals surface area contributed by atoms with Crippen LogP contribution in [0.25, 0.3) is 11.5 Å². The number of oxazole rings is 1. The lowest BCUT2D eigenvalue weighted by molar-refractivity contribution is 0.0515. The molecule has 0 spiro atoms. The minimum Gasteiger partial charge on any atom is -0.461 e. The molecule has 0 amide bonds. The van der Waals surface area contributed by atoms with Crippen LogP contribution in [0.2, 0.25) is 0 Å². The molecule has 0 aliphatic rings. The molecule has 1 heterocycles. The van der Waals surface area contributed by atoms with Crippen LogP contribution in [0.3, 0.4) is 0 Å². The average Bonchev–Trinajstić information content (AvgIpc) is 2.87. The van der Waals surface area contributed by atoms with Gasteiger partial charge in [-0.15, -0.1) is 0 Å². The van der Waals surface area contributed by atoms with Crippen molar-refractivity contribution in [1.29, 1.82) is 0 Å². The van der Waals surface area contributed by atoms with Crippen molar-refractivity contribution in [3.63, 3.8) is 0 Å². The topological polar surface area (TPSA) is 52.3 Å². The number of nitrogens with zero attached hydrogens (tertiary/aromatic N) is 1. The minimum atomic E-state index is -1.01. The van der Waals surface area contributed by atoms with Crippen LogP contribution in [0.5, 0.6) is 0 Å². The fourth-order valence-electron chi connectivity index (χ4n) is 1.92. The Hall–Kier alpha value is -2.24. The van der Waals surface area contributed by atoms with Gasteiger partial charge in [-0.3, -0.25) is 0 Å². The molecule has 0 radical (unpaired) electrons. The van der Waals surface area contributed by atoms with E-state index >= 15 is 0 Å². The van der Waals surface area contributed by atoms with Gasteiger partial charge in [0.1, 0.15) is 5.76 Å². The van der Waals surface area contributed by atoms with Crippen LogP contribution in [0.15, 0.2) is 22.6 Å². The third-order valence-electron chi connectivity index (χ3n) is 2.94. The molecule has 118 valence electrons. The van der Waals surface area contributed by atoms with E-state index in [2.05, 4.69) is 4.98 Å². The number of hydrogen-bond acceptors (Lipinski definition) is 4. The number of aromatic nitrogens is 1. The van der Waals surface area contributed by atoms with Crippen LogP contribution in [0, 0.1) is 11.6 Å². The molecule has 0 saturated heterocycles. The van der Waals surface area contributed by atoms with Crippen molar-refractivity contribution in [1.82, 2.24) is 4.98 Å². The Balaban J connectivity index is 2.54. The number of hydrogen-bond donors (Lipinski definition) is 0. The van der Waals surface area contributed by atoms with Gasteiger partial charge < -0.3 is 9.15 Å². The highest BCUT2D eigenvalue weighted by atomic mass is 19.2. The van der Waals surface area contributed by atoms with Crippen molar-refractivity contribution >= 4 is 5.97 Å². The molecular weight excluding hydrogens is 292 g/mol. The molecule has 2 rings (SSSR count). The highest BCUT2D eigenvalue weighted by Gasteiger charge is 2.30. The van der Waals surface area contributed by atoms with E-state index in [0.717, 1.165) is 12.1 Å². The van der Waals surface area contributed by atoms with Crippen LogP contribution in [0.4, 0.5) is 8.78 Å². The molecule has 2 aromatic rings. The lowest BCUT2D eigenvalue weighted by atomic mass is 9.92. The van der Waals surface area contributed by atoms with Gasteiger partial charge in [-0.2, -0.15) is 0 Å². The Morgan fingerprint density at radius 1 is 1.27 bits per heavy atom. The maximum Gasteiger partial charge on any atom is 0.360 e. The maximum absolute atomic E-state index is 13.3. The molecule has 0 bridgehead atoms. The third kappa shape index (κ3) is 3.16. The first-order valence-electron chi connectivity index (χ1n) is 6.88. The van der Waals surface area contributed by atoms with Crippen molar-refractivity contribution in [2.75, 3.05) is 6.61 Å². The Bertz CT molecular complexity index is 702. The number of esters is 1. The molecule has 0 aliphatic heterocycles. The van der Waals surface area contributed by atoms with Gasteiger partial charge in [0.05, 0.1) is 6.61 Å². The highest BCUT2D eigenvalue weighted by molar-refractivity contribution is 5.89. The zero-order valence-corrected chi connectivity index (χ0v) is 12.9. The minimum absolute atomic E-state index is 0.0480. The normalized spacial score (nSPS) is 11.5. The Kier molecular flexibility index (Phi) is 4.30. The Morgan fingerprint density at radius 2 is 1.95 bits per heavy atom. The van der Waals surface area contributed by atoms with Gasteiger partial charge in [0, 0.05) is 11.0 Å². The first kappa shape index (κ1) is 16.1. The van der Waals surface area contributed by atoms with E-state index in [0.29, 0.717) is 5.76 Å². The van der Waals surface area contributed by atoms with Crippen LogP contribution < -0.4 is 0 Å². The molecule has 0 N–H and O–H groups in total. The number of benzene rings is 1. The zero-order chi connectivity index (χ0) is 16.5. The molecule has 0 aliphatic carbocycles. The van der Waals surface area contributed by atoms with Crippen LogP contribution in [-0.4, -0.2) is 17.6 Å². The van der Waals surface area contributed by atoms with E-state index in [9.17, 15) is 13.6 Å². The smallest absolute Gasteiger partial charge is 0.360 e. The molecule has 4 nitrogen and oxygen atoms in total. The number of rotatable bonds is 3. The van der Waals surface area contributed by atoms with Crippen LogP contribution in [0.1, 0.15) is 43.9 Å². The molecule has 0 saturated carbocycles. The van der Waals surface area contributed by atoms with E-state index in [4.69, 9.17) is 9.15 Å². The van der Waals surface area contributed by atoms with E-state index < -0.39 is 23.0 Å². The molecule has 0 unspecified atom stereocenters. The summed E-state index contributed by atoms with van der Waals surface area (Å²) in [7, 11) is 0. The predicted octanol–water partition coefficient (Wildman–Crippen LogP) is 4.09. The summed E-state index contributed by atoms with van der Waals surface area (Å²) in [5, 5.41) is 0. The number of ether oxygens (including phenoxy) is 1. The van der Waals surface area contributed by atoms with Crippen molar-refractivity contribution in [2.45, 2.75) is 33.1 Å². The van der Waals surface area contributed by atoms with Crippen LogP contribution >= 0.6 is 0 Å². The van der Waals surface area contributed by atoms with Gasteiger partial charge in [0.2, 0.25) is 5.89 Å². The maximum atomic E-state index is 13.3. The molecule has 0 atom stereocenters. The highest BCUT2D eigenvalue weighted by Crippen LogP contribution is 2.31. The van der Waals surface area contributed by atoms with Gasteiger partial charge in [-0.1, -0.05) is 20.8 Å². The number of halogens is 2. The second-order valence-electron chi connectivity index (χ2n) is 5.80. The van der Waals surface area contributed by atoms with Crippen molar-refractivity contribution in [3.8, 4) is 11.5 Å². The molecule has 1 aromatic carbocycles. The summed E-state index contributed by atoms with van der Waals surface area (Å²) in [6.07, 6.45) is 0. The van der Waals surface area contributed by atoms with Gasteiger partial charge in [-0.05, 0) is 25.1 Å². The third-order valence-corrected chi connectivity index (χ3v) is 2.94. The van der Waals surface area contributed by atoms with Crippen molar-refractivity contribution in [2.24, 2.45) is 0 Å². The van der Waals surface area contributed by atoms with E-state index in [1.54, 1.807) is 6.92 Å². The summed E-state index contributed by atoms with van der Waals surface area (Å²) in [5.41, 5.74) is -0.194. The standard InChI is InChI=1S/C16H17F2NO3/c1-5-21-15(20)12-13(16(2,3)4)22-14(19-12)9-6-7-10(17)11(18)8-9/h6-8H,5H2,1-4H3. The fourth-order valence-corrected chi connectivity index (χ4v) is 1.92. The van der Waals surface area contributed by atoms with Crippen molar-refractivity contribution in [3.05, 3.63) is 41.3 Å². The second kappa shape index (κ2) is 5.87. The fraction of sp³-hybridized carbons (Fsp3) is 0.375. The monoisotopic (exact) mass is 309 g/mol. The lowest BCUT2D eigenvalue weighted by Crippen LogP contribution is -2.17. The molecule has 6 heteroatoms. The quantitative estimate of drug-likeness (QED) is 0.801. The Labute approximate surface area is 127 Å². The predicted molar refractivity (Wildman–Crippen MR) is 76.5 cm³/mol. The molecule has 22 heavy (non-hydrogen) atoms. The number of carbonyl (C=O) groups excluding carboxylic acids is 1. The van der Waals surface area contributed by atoms with Gasteiger partial charge >= 0.3 is 5.97 Å². The molecular formula is C16H17F2NO3. The van der Waals surface area contributed by atoms with E-state index in [1.807, 2.05) is 20.8 Å². The Morgan fingerprint density at radius 3 is 2.50 bits per heavy atom. The van der Waals surface area contributed by atoms with Crippen LogP contribution in [-0.2, 0) is 10.2 Å². The summed E-state index contributed by atoms with van der Waals surface area (Å²) in [5.74, 6) is -2.19. The van der Waals surface area contributed by atoms with Crippen molar-refractivity contribution < 1.29 is 22.7 Å².